The minimum absolute atomic E-state index is 0. The van der Waals surface area contributed by atoms with Gasteiger partial charge in [-0.3, -0.25) is 9.78 Å². The number of nitrogens with two attached hydrogens (primary N) is 1. The molecule has 0 spiro atoms. The first-order chi connectivity index (χ1) is 10.6. The first kappa shape index (κ1) is 20.9. The number of aromatic nitrogens is 2. The van der Waals surface area contributed by atoms with Crippen LogP contribution >= 0.6 is 24.8 Å². The van der Waals surface area contributed by atoms with Crippen LogP contribution in [0.5, 0.6) is 0 Å². The van der Waals surface area contributed by atoms with Gasteiger partial charge >= 0.3 is 0 Å². The topological polar surface area (TPSA) is 116 Å². The van der Waals surface area contributed by atoms with Gasteiger partial charge in [0.05, 0.1) is 12.1 Å². The summed E-state index contributed by atoms with van der Waals surface area (Å²) in [5.41, 5.74) is 5.58. The molecule has 1 aliphatic carbocycles. The summed E-state index contributed by atoms with van der Waals surface area (Å²) >= 11 is 0. The molecule has 138 valence electrons. The molecule has 1 aromatic heterocycles. The van der Waals surface area contributed by atoms with E-state index in [-0.39, 0.29) is 42.4 Å². The number of H-pyrrole nitrogens is 1. The van der Waals surface area contributed by atoms with Gasteiger partial charge in [-0.25, -0.2) is 0 Å². The number of aromatic amines is 1. The van der Waals surface area contributed by atoms with Crippen LogP contribution in [0.1, 0.15) is 44.9 Å². The van der Waals surface area contributed by atoms with E-state index in [2.05, 4.69) is 20.6 Å². The first-order valence-corrected chi connectivity index (χ1v) is 8.22. The average Bonchev–Trinajstić information content (AvgIpc) is 2.53. The number of nitrogens with one attached hydrogen (secondary N) is 3. The summed E-state index contributed by atoms with van der Waals surface area (Å²) in [5, 5.41) is 16.6. The van der Waals surface area contributed by atoms with E-state index in [9.17, 15) is 9.90 Å². The lowest BCUT2D eigenvalue weighted by Gasteiger charge is -2.31. The first-order valence-electron chi connectivity index (χ1n) is 8.22. The maximum absolute atomic E-state index is 11.9. The van der Waals surface area contributed by atoms with Crippen LogP contribution in [0.3, 0.4) is 0 Å². The molecule has 0 aromatic carbocycles. The van der Waals surface area contributed by atoms with Gasteiger partial charge in [0.2, 0.25) is 5.95 Å². The van der Waals surface area contributed by atoms with Crippen molar-refractivity contribution in [1.82, 2.24) is 9.97 Å². The molecule has 0 amide bonds. The van der Waals surface area contributed by atoms with Crippen LogP contribution < -0.4 is 21.9 Å². The Morgan fingerprint density at radius 3 is 2.67 bits per heavy atom. The number of halogens is 2. The lowest BCUT2D eigenvalue weighted by molar-refractivity contribution is 0.132. The summed E-state index contributed by atoms with van der Waals surface area (Å²) in [4.78, 5) is 18.4. The Morgan fingerprint density at radius 1 is 1.25 bits per heavy atom. The van der Waals surface area contributed by atoms with Crippen molar-refractivity contribution >= 4 is 42.3 Å². The SMILES string of the molecule is Cl.Cl.Nc1nc2c(c(=O)[nH]1)N[C@@H]([C@H](O)CCC1CCCCC1)CN2. The highest BCUT2D eigenvalue weighted by atomic mass is 35.5. The molecule has 2 aliphatic rings. The maximum Gasteiger partial charge on any atom is 0.277 e. The van der Waals surface area contributed by atoms with Crippen molar-refractivity contribution in [2.45, 2.75) is 57.1 Å². The van der Waals surface area contributed by atoms with Gasteiger partial charge in [0.15, 0.2) is 5.82 Å². The van der Waals surface area contributed by atoms with E-state index in [0.29, 0.717) is 18.1 Å². The van der Waals surface area contributed by atoms with E-state index in [1.165, 1.54) is 32.1 Å². The fourth-order valence-electron chi connectivity index (χ4n) is 3.51. The molecule has 3 rings (SSSR count). The Kier molecular flexibility index (Phi) is 8.12. The molecule has 0 radical (unpaired) electrons. The highest BCUT2D eigenvalue weighted by molar-refractivity contribution is 5.85. The normalized spacial score (nSPS) is 21.3. The third-order valence-corrected chi connectivity index (χ3v) is 4.82. The van der Waals surface area contributed by atoms with E-state index >= 15 is 0 Å². The summed E-state index contributed by atoms with van der Waals surface area (Å²) in [6.45, 7) is 0.536. The number of fused-ring (bicyclic) bond motifs is 1. The average molecular weight is 380 g/mol. The molecule has 1 aliphatic heterocycles. The fourth-order valence-corrected chi connectivity index (χ4v) is 3.51. The molecule has 0 bridgehead atoms. The van der Waals surface area contributed by atoms with Crippen molar-refractivity contribution in [3.05, 3.63) is 10.4 Å². The summed E-state index contributed by atoms with van der Waals surface area (Å²) in [6.07, 6.45) is 7.91. The minimum atomic E-state index is -0.473. The standard InChI is InChI=1S/C15H25N5O2.2ClH/c16-15-19-13-12(14(22)20-15)18-10(8-17-13)11(21)7-6-9-4-2-1-3-5-9;;/h9-11,18,21H,1-8H2,(H4,16,17,19,20,22);2*1H/t10-,11-;;/m1../s1. The number of nitrogen functional groups attached to an aromatic ring is 1. The van der Waals surface area contributed by atoms with Gasteiger partial charge in [-0.1, -0.05) is 32.1 Å². The van der Waals surface area contributed by atoms with E-state index in [0.717, 1.165) is 18.8 Å². The van der Waals surface area contributed by atoms with Crippen molar-refractivity contribution in [2.24, 2.45) is 5.92 Å². The zero-order valence-corrected chi connectivity index (χ0v) is 15.2. The van der Waals surface area contributed by atoms with Gasteiger partial charge in [0.1, 0.15) is 5.69 Å². The van der Waals surface area contributed by atoms with Crippen molar-refractivity contribution in [2.75, 3.05) is 22.9 Å². The second-order valence-electron chi connectivity index (χ2n) is 6.46. The summed E-state index contributed by atoms with van der Waals surface area (Å²) in [7, 11) is 0. The van der Waals surface area contributed by atoms with Crippen LogP contribution in [0.15, 0.2) is 4.79 Å². The van der Waals surface area contributed by atoms with Gasteiger partial charge in [0.25, 0.3) is 5.56 Å². The molecule has 2 atom stereocenters. The van der Waals surface area contributed by atoms with E-state index in [4.69, 9.17) is 5.73 Å². The second kappa shape index (κ2) is 9.34. The van der Waals surface area contributed by atoms with Crippen LogP contribution in [0.4, 0.5) is 17.5 Å². The zero-order valence-electron chi connectivity index (χ0n) is 13.6. The number of aliphatic hydroxyl groups is 1. The fraction of sp³-hybridized carbons (Fsp3) is 0.733. The molecule has 1 fully saturated rings. The largest absolute Gasteiger partial charge is 0.391 e. The Labute approximate surface area is 154 Å². The van der Waals surface area contributed by atoms with Crippen LogP contribution in [0.2, 0.25) is 0 Å². The molecule has 6 N–H and O–H groups in total. The van der Waals surface area contributed by atoms with Crippen molar-refractivity contribution in [3.63, 3.8) is 0 Å². The highest BCUT2D eigenvalue weighted by Gasteiger charge is 2.27. The van der Waals surface area contributed by atoms with E-state index in [1.807, 2.05) is 0 Å². The van der Waals surface area contributed by atoms with E-state index in [1.54, 1.807) is 0 Å². The monoisotopic (exact) mass is 379 g/mol. The number of nitrogens with zero attached hydrogens (tertiary/aromatic N) is 1. The number of hydrogen-bond donors (Lipinski definition) is 5. The van der Waals surface area contributed by atoms with Gasteiger partial charge in [-0.15, -0.1) is 24.8 Å². The molecule has 9 heteroatoms. The number of rotatable bonds is 4. The summed E-state index contributed by atoms with van der Waals surface area (Å²) in [6, 6.07) is -0.178. The zero-order chi connectivity index (χ0) is 15.5. The van der Waals surface area contributed by atoms with Crippen molar-refractivity contribution in [1.29, 1.82) is 0 Å². The summed E-state index contributed by atoms with van der Waals surface area (Å²) in [5.74, 6) is 1.29. The predicted molar refractivity (Wildman–Crippen MR) is 101 cm³/mol. The number of aliphatic hydroxyl groups excluding tert-OH is 1. The minimum Gasteiger partial charge on any atom is -0.391 e. The maximum atomic E-state index is 11.9. The van der Waals surface area contributed by atoms with Crippen LogP contribution in [-0.2, 0) is 0 Å². The lowest BCUT2D eigenvalue weighted by Crippen LogP contribution is -2.44. The van der Waals surface area contributed by atoms with Crippen LogP contribution in [-0.4, -0.2) is 33.8 Å². The van der Waals surface area contributed by atoms with Gasteiger partial charge < -0.3 is 21.5 Å². The number of hydrogen-bond acceptors (Lipinski definition) is 6. The molecule has 1 aromatic rings. The second-order valence-corrected chi connectivity index (χ2v) is 6.46. The molecule has 24 heavy (non-hydrogen) atoms. The number of anilines is 3. The van der Waals surface area contributed by atoms with Crippen LogP contribution in [0.25, 0.3) is 0 Å². The quantitative estimate of drug-likeness (QED) is 0.547. The third kappa shape index (κ3) is 4.91. The summed E-state index contributed by atoms with van der Waals surface area (Å²) < 4.78 is 0. The van der Waals surface area contributed by atoms with Crippen molar-refractivity contribution in [3.8, 4) is 0 Å². The van der Waals surface area contributed by atoms with E-state index < -0.39 is 6.10 Å². The molecule has 0 unspecified atom stereocenters. The third-order valence-electron chi connectivity index (χ3n) is 4.82. The Hall–Kier alpha value is -1.18. The van der Waals surface area contributed by atoms with Gasteiger partial charge in [0, 0.05) is 6.54 Å². The predicted octanol–water partition coefficient (Wildman–Crippen LogP) is 2.12. The van der Waals surface area contributed by atoms with Gasteiger partial charge in [-0.2, -0.15) is 4.98 Å². The molecular weight excluding hydrogens is 353 g/mol. The molecule has 1 saturated carbocycles. The molecule has 0 saturated heterocycles. The van der Waals surface area contributed by atoms with Crippen molar-refractivity contribution < 1.29 is 5.11 Å². The molecular formula is C15H27Cl2N5O2. The lowest BCUT2D eigenvalue weighted by atomic mass is 9.85. The Balaban J connectivity index is 0.00000144. The molecule has 2 heterocycles. The van der Waals surface area contributed by atoms with Gasteiger partial charge in [-0.05, 0) is 18.8 Å². The van der Waals surface area contributed by atoms with Crippen LogP contribution in [0, 0.1) is 5.92 Å². The highest BCUT2D eigenvalue weighted by Crippen LogP contribution is 2.29. The molecule has 7 nitrogen and oxygen atoms in total. The Morgan fingerprint density at radius 2 is 1.96 bits per heavy atom. The smallest absolute Gasteiger partial charge is 0.277 e. The Bertz CT molecular complexity index is 577.